The van der Waals surface area contributed by atoms with Crippen LogP contribution in [-0.2, 0) is 11.0 Å². The van der Waals surface area contributed by atoms with Gasteiger partial charge in [0.25, 0.3) is 0 Å². The fraction of sp³-hybridized carbons (Fsp3) is 0.474. The van der Waals surface area contributed by atoms with Gasteiger partial charge < -0.3 is 10.6 Å². The number of anilines is 1. The van der Waals surface area contributed by atoms with Crippen molar-refractivity contribution >= 4 is 11.6 Å². The third-order valence-corrected chi connectivity index (χ3v) is 5.00. The number of benzene rings is 1. The molecule has 1 aliphatic heterocycles. The zero-order chi connectivity index (χ0) is 19.4. The summed E-state index contributed by atoms with van der Waals surface area (Å²) >= 11 is 0. The zero-order valence-electron chi connectivity index (χ0n) is 15.1. The first-order chi connectivity index (χ1) is 12.8. The molecule has 1 aliphatic rings. The Morgan fingerprint density at radius 1 is 1.37 bits per heavy atom. The number of rotatable bonds is 5. The standard InChI is InChI=1S/C19H23F3N4O/c1-13(14-5-7-23-8-6-14)9-18(27)25-16-11-24-26(12-16)17-4-2-3-15(10-17)19(20,21)22/h2-4,10-14,23H,5-9H2,1H3,(H,25,27). The lowest BCUT2D eigenvalue weighted by atomic mass is 9.84. The smallest absolute Gasteiger partial charge is 0.323 e. The van der Waals surface area contributed by atoms with E-state index >= 15 is 0 Å². The van der Waals surface area contributed by atoms with Crippen LogP contribution in [0.2, 0.25) is 0 Å². The van der Waals surface area contributed by atoms with E-state index in [4.69, 9.17) is 0 Å². The Bertz CT molecular complexity index is 781. The molecule has 146 valence electrons. The predicted molar refractivity (Wildman–Crippen MR) is 96.6 cm³/mol. The van der Waals surface area contributed by atoms with Crippen molar-refractivity contribution in [3.63, 3.8) is 0 Å². The van der Waals surface area contributed by atoms with Crippen molar-refractivity contribution in [3.8, 4) is 5.69 Å². The Labute approximate surface area is 155 Å². The van der Waals surface area contributed by atoms with Gasteiger partial charge in [-0.3, -0.25) is 4.79 Å². The molecule has 1 saturated heterocycles. The number of carbonyl (C=O) groups excluding carboxylic acids is 1. The summed E-state index contributed by atoms with van der Waals surface area (Å²) in [5, 5.41) is 10.2. The topological polar surface area (TPSA) is 59.0 Å². The highest BCUT2D eigenvalue weighted by molar-refractivity contribution is 5.90. The Kier molecular flexibility index (Phi) is 5.84. The van der Waals surface area contributed by atoms with E-state index in [1.54, 1.807) is 0 Å². The van der Waals surface area contributed by atoms with Crippen LogP contribution in [0.15, 0.2) is 36.7 Å². The Hall–Kier alpha value is -2.35. The number of carbonyl (C=O) groups is 1. The highest BCUT2D eigenvalue weighted by Crippen LogP contribution is 2.30. The average molecular weight is 380 g/mol. The number of hydrogen-bond donors (Lipinski definition) is 2. The monoisotopic (exact) mass is 380 g/mol. The molecule has 0 bridgehead atoms. The number of piperidine rings is 1. The first-order valence-corrected chi connectivity index (χ1v) is 9.06. The van der Waals surface area contributed by atoms with E-state index in [1.165, 1.54) is 29.2 Å². The molecule has 0 spiro atoms. The molecule has 2 heterocycles. The zero-order valence-corrected chi connectivity index (χ0v) is 15.1. The van der Waals surface area contributed by atoms with Crippen molar-refractivity contribution in [3.05, 3.63) is 42.2 Å². The third-order valence-electron chi connectivity index (χ3n) is 5.00. The summed E-state index contributed by atoms with van der Waals surface area (Å²) in [6.07, 6.45) is 1.10. The van der Waals surface area contributed by atoms with Gasteiger partial charge in [-0.15, -0.1) is 0 Å². The lowest BCUT2D eigenvalue weighted by Gasteiger charge is -2.27. The van der Waals surface area contributed by atoms with Gasteiger partial charge in [-0.25, -0.2) is 4.68 Å². The minimum atomic E-state index is -4.41. The molecule has 1 unspecified atom stereocenters. The lowest BCUT2D eigenvalue weighted by Crippen LogP contribution is -2.32. The molecule has 2 N–H and O–H groups in total. The predicted octanol–water partition coefficient (Wildman–Crippen LogP) is 3.86. The fourth-order valence-electron chi connectivity index (χ4n) is 3.44. The highest BCUT2D eigenvalue weighted by Gasteiger charge is 2.30. The number of nitrogens with zero attached hydrogens (tertiary/aromatic N) is 2. The number of amides is 1. The van der Waals surface area contributed by atoms with Crippen LogP contribution in [0, 0.1) is 11.8 Å². The Morgan fingerprint density at radius 3 is 2.81 bits per heavy atom. The van der Waals surface area contributed by atoms with Crippen molar-refractivity contribution < 1.29 is 18.0 Å². The maximum absolute atomic E-state index is 12.8. The van der Waals surface area contributed by atoms with Crippen molar-refractivity contribution in [1.82, 2.24) is 15.1 Å². The summed E-state index contributed by atoms with van der Waals surface area (Å²) in [7, 11) is 0. The van der Waals surface area contributed by atoms with Crippen LogP contribution < -0.4 is 10.6 Å². The minimum Gasteiger partial charge on any atom is -0.323 e. The van der Waals surface area contributed by atoms with Crippen LogP contribution >= 0.6 is 0 Å². The Morgan fingerprint density at radius 2 is 2.11 bits per heavy atom. The van der Waals surface area contributed by atoms with Crippen LogP contribution in [0.25, 0.3) is 5.69 Å². The van der Waals surface area contributed by atoms with Crippen molar-refractivity contribution in [2.75, 3.05) is 18.4 Å². The lowest BCUT2D eigenvalue weighted by molar-refractivity contribution is -0.137. The van der Waals surface area contributed by atoms with Gasteiger partial charge in [0.15, 0.2) is 0 Å². The van der Waals surface area contributed by atoms with E-state index in [9.17, 15) is 18.0 Å². The second kappa shape index (κ2) is 8.12. The summed E-state index contributed by atoms with van der Waals surface area (Å²) in [6.45, 7) is 4.06. The second-order valence-corrected chi connectivity index (χ2v) is 7.04. The number of halogens is 3. The maximum atomic E-state index is 12.8. The first-order valence-electron chi connectivity index (χ1n) is 9.06. The quantitative estimate of drug-likeness (QED) is 0.828. The van der Waals surface area contributed by atoms with Crippen LogP contribution in [0.5, 0.6) is 0 Å². The summed E-state index contributed by atoms with van der Waals surface area (Å²) in [5.74, 6) is 0.708. The third kappa shape index (κ3) is 5.09. The normalized spacial score (nSPS) is 16.9. The molecular weight excluding hydrogens is 357 g/mol. The maximum Gasteiger partial charge on any atom is 0.416 e. The summed E-state index contributed by atoms with van der Waals surface area (Å²) in [6, 6.07) is 4.90. The highest BCUT2D eigenvalue weighted by atomic mass is 19.4. The molecule has 1 fully saturated rings. The molecule has 1 atom stereocenters. The molecule has 1 aromatic carbocycles. The first kappa shape index (κ1) is 19.4. The molecule has 0 saturated carbocycles. The number of alkyl halides is 3. The van der Waals surface area contributed by atoms with Crippen LogP contribution in [0.3, 0.4) is 0 Å². The summed E-state index contributed by atoms with van der Waals surface area (Å²) in [4.78, 5) is 12.3. The molecule has 2 aromatic rings. The fourth-order valence-corrected chi connectivity index (χ4v) is 3.44. The van der Waals surface area contributed by atoms with Gasteiger partial charge in [-0.1, -0.05) is 13.0 Å². The Balaban J connectivity index is 1.61. The summed E-state index contributed by atoms with van der Waals surface area (Å²) < 4.78 is 39.9. The van der Waals surface area contributed by atoms with Gasteiger partial charge >= 0.3 is 6.18 Å². The van der Waals surface area contributed by atoms with Crippen molar-refractivity contribution in [1.29, 1.82) is 0 Å². The number of hydrogen-bond acceptors (Lipinski definition) is 3. The molecule has 3 rings (SSSR count). The van der Waals surface area contributed by atoms with Gasteiger partial charge in [0.2, 0.25) is 5.91 Å². The van der Waals surface area contributed by atoms with E-state index in [1.807, 2.05) is 0 Å². The van der Waals surface area contributed by atoms with E-state index in [0.29, 0.717) is 18.0 Å². The molecule has 0 aliphatic carbocycles. The molecule has 27 heavy (non-hydrogen) atoms. The second-order valence-electron chi connectivity index (χ2n) is 7.04. The molecular formula is C19H23F3N4O. The molecule has 1 amide bonds. The van der Waals surface area contributed by atoms with Gasteiger partial charge in [0.1, 0.15) is 0 Å². The SMILES string of the molecule is CC(CC(=O)Nc1cnn(-c2cccc(C(F)(F)F)c2)c1)C1CCNCC1. The van der Waals surface area contributed by atoms with Crippen molar-refractivity contribution in [2.24, 2.45) is 11.8 Å². The van der Waals surface area contributed by atoms with E-state index in [-0.39, 0.29) is 17.5 Å². The number of nitrogens with one attached hydrogen (secondary N) is 2. The van der Waals surface area contributed by atoms with Crippen LogP contribution in [0.4, 0.5) is 18.9 Å². The van der Waals surface area contributed by atoms with Crippen molar-refractivity contribution in [2.45, 2.75) is 32.4 Å². The minimum absolute atomic E-state index is 0.107. The molecule has 1 aromatic heterocycles. The molecule has 0 radical (unpaired) electrons. The number of aromatic nitrogens is 2. The summed E-state index contributed by atoms with van der Waals surface area (Å²) in [5.41, 5.74) is 0.0141. The van der Waals surface area contributed by atoms with Gasteiger partial charge in [-0.05, 0) is 56.0 Å². The van der Waals surface area contributed by atoms with Gasteiger partial charge in [-0.2, -0.15) is 18.3 Å². The van der Waals surface area contributed by atoms with Crippen LogP contribution in [0.1, 0.15) is 31.7 Å². The average Bonchev–Trinajstić information content (AvgIpc) is 3.10. The largest absolute Gasteiger partial charge is 0.416 e. The van der Waals surface area contributed by atoms with E-state index in [2.05, 4.69) is 22.7 Å². The molecule has 5 nitrogen and oxygen atoms in total. The molecule has 8 heteroatoms. The van der Waals surface area contributed by atoms with Crippen LogP contribution in [-0.4, -0.2) is 28.8 Å². The van der Waals surface area contributed by atoms with Gasteiger partial charge in [0, 0.05) is 6.42 Å². The van der Waals surface area contributed by atoms with Gasteiger partial charge in [0.05, 0.1) is 29.3 Å². The van der Waals surface area contributed by atoms with E-state index < -0.39 is 11.7 Å². The van der Waals surface area contributed by atoms with E-state index in [0.717, 1.165) is 38.1 Å².